The Morgan fingerprint density at radius 1 is 0.432 bits per heavy atom. The number of benzene rings is 5. The number of carboxylic acid groups (broad SMARTS) is 2. The first-order chi connectivity index (χ1) is 21.3. The van der Waals surface area contributed by atoms with Gasteiger partial charge in [-0.1, -0.05) is 97.1 Å². The number of carboxylic acids is 2. The van der Waals surface area contributed by atoms with Gasteiger partial charge in [-0.15, -0.1) is 0 Å². The van der Waals surface area contributed by atoms with Crippen molar-refractivity contribution in [2.24, 2.45) is 0 Å². The lowest BCUT2D eigenvalue weighted by molar-refractivity contribution is 0.0682. The summed E-state index contributed by atoms with van der Waals surface area (Å²) in [6, 6.07) is 35.3. The number of amides is 2. The van der Waals surface area contributed by atoms with Gasteiger partial charge in [-0.05, 0) is 57.6 Å². The summed E-state index contributed by atoms with van der Waals surface area (Å²) in [4.78, 5) is 49.6. The van der Waals surface area contributed by atoms with Crippen molar-refractivity contribution < 1.29 is 29.4 Å². The molecule has 0 saturated heterocycles. The molecule has 8 nitrogen and oxygen atoms in total. The van der Waals surface area contributed by atoms with Gasteiger partial charge in [-0.25, -0.2) is 9.59 Å². The number of nitrogens with one attached hydrogen (secondary N) is 2. The van der Waals surface area contributed by atoms with Gasteiger partial charge in [0.05, 0.1) is 22.3 Å². The maximum absolute atomic E-state index is 13.0. The molecule has 0 spiro atoms. The highest BCUT2D eigenvalue weighted by Gasteiger charge is 2.19. The Bertz CT molecular complexity index is 1700. The summed E-state index contributed by atoms with van der Waals surface area (Å²) in [5.74, 6) is -3.40. The molecular weight excluding hydrogens is 556 g/mol. The minimum Gasteiger partial charge on any atom is -0.478 e. The number of carbonyl (C=O) groups excluding carboxylic acids is 2. The summed E-state index contributed by atoms with van der Waals surface area (Å²) in [6.07, 6.45) is 0. The fourth-order valence-corrected chi connectivity index (χ4v) is 4.79. The van der Waals surface area contributed by atoms with Crippen LogP contribution in [0.3, 0.4) is 0 Å². The van der Waals surface area contributed by atoms with E-state index < -0.39 is 23.8 Å². The highest BCUT2D eigenvalue weighted by Crippen LogP contribution is 2.24. The molecule has 218 valence electrons. The number of rotatable bonds is 10. The summed E-state index contributed by atoms with van der Waals surface area (Å²) >= 11 is 0. The third kappa shape index (κ3) is 6.88. The first kappa shape index (κ1) is 29.5. The summed E-state index contributed by atoms with van der Waals surface area (Å²) in [5.41, 5.74) is 4.69. The lowest BCUT2D eigenvalue weighted by atomic mass is 9.98. The Morgan fingerprint density at radius 2 is 0.795 bits per heavy atom. The van der Waals surface area contributed by atoms with Crippen molar-refractivity contribution in [1.29, 1.82) is 0 Å². The fraction of sp³-hybridized carbons (Fsp3) is 0.0556. The van der Waals surface area contributed by atoms with Crippen molar-refractivity contribution in [3.8, 4) is 22.3 Å². The third-order valence-corrected chi connectivity index (χ3v) is 7.13. The topological polar surface area (TPSA) is 133 Å². The van der Waals surface area contributed by atoms with Crippen LogP contribution < -0.4 is 10.6 Å². The van der Waals surface area contributed by atoms with Gasteiger partial charge < -0.3 is 20.8 Å². The average molecular weight is 585 g/mol. The molecule has 0 aliphatic rings. The molecule has 0 saturated carbocycles. The molecular formula is C36H28N2O6. The zero-order valence-electron chi connectivity index (χ0n) is 23.5. The molecule has 2 amide bonds. The van der Waals surface area contributed by atoms with E-state index in [1.165, 1.54) is 12.1 Å². The molecule has 4 N–H and O–H groups in total. The zero-order chi connectivity index (χ0) is 31.1. The van der Waals surface area contributed by atoms with Crippen LogP contribution in [0.1, 0.15) is 52.6 Å². The van der Waals surface area contributed by atoms with Crippen molar-refractivity contribution in [1.82, 2.24) is 10.6 Å². The maximum atomic E-state index is 13.0. The van der Waals surface area contributed by atoms with Crippen LogP contribution in [0, 0.1) is 0 Å². The van der Waals surface area contributed by atoms with Crippen LogP contribution in [-0.4, -0.2) is 34.0 Å². The predicted octanol–water partition coefficient (Wildman–Crippen LogP) is 6.28. The first-order valence-corrected chi connectivity index (χ1v) is 13.8. The van der Waals surface area contributed by atoms with Crippen LogP contribution in [0.15, 0.2) is 121 Å². The molecule has 0 heterocycles. The van der Waals surface area contributed by atoms with Gasteiger partial charge >= 0.3 is 11.9 Å². The average Bonchev–Trinajstić information content (AvgIpc) is 3.06. The van der Waals surface area contributed by atoms with E-state index in [-0.39, 0.29) is 35.3 Å². The van der Waals surface area contributed by atoms with Crippen LogP contribution in [0.25, 0.3) is 22.3 Å². The molecule has 8 heteroatoms. The van der Waals surface area contributed by atoms with E-state index >= 15 is 0 Å². The maximum Gasteiger partial charge on any atom is 0.336 e. The van der Waals surface area contributed by atoms with E-state index in [0.29, 0.717) is 0 Å². The van der Waals surface area contributed by atoms with Crippen LogP contribution in [0.5, 0.6) is 0 Å². The van der Waals surface area contributed by atoms with Gasteiger partial charge in [0.2, 0.25) is 0 Å². The molecule has 0 fully saturated rings. The van der Waals surface area contributed by atoms with Gasteiger partial charge in [0.1, 0.15) is 0 Å². The van der Waals surface area contributed by atoms with Crippen LogP contribution >= 0.6 is 0 Å². The van der Waals surface area contributed by atoms with E-state index in [1.54, 1.807) is 48.5 Å². The van der Waals surface area contributed by atoms with Crippen LogP contribution in [0.2, 0.25) is 0 Å². The summed E-state index contributed by atoms with van der Waals surface area (Å²) in [7, 11) is 0. The molecule has 0 bridgehead atoms. The van der Waals surface area contributed by atoms with E-state index in [9.17, 15) is 29.4 Å². The smallest absolute Gasteiger partial charge is 0.336 e. The molecule has 0 aliphatic heterocycles. The Morgan fingerprint density at radius 3 is 1.14 bits per heavy atom. The van der Waals surface area contributed by atoms with Gasteiger partial charge in [0, 0.05) is 13.1 Å². The number of aromatic carboxylic acids is 2. The lowest BCUT2D eigenvalue weighted by Crippen LogP contribution is -2.25. The summed E-state index contributed by atoms with van der Waals surface area (Å²) in [5, 5.41) is 24.8. The minimum atomic E-state index is -1.19. The first-order valence-electron chi connectivity index (χ1n) is 13.8. The van der Waals surface area contributed by atoms with Crippen molar-refractivity contribution in [3.63, 3.8) is 0 Å². The van der Waals surface area contributed by atoms with Crippen molar-refractivity contribution in [2.75, 3.05) is 0 Å². The predicted molar refractivity (Wildman–Crippen MR) is 166 cm³/mol. The highest BCUT2D eigenvalue weighted by molar-refractivity contribution is 6.06. The van der Waals surface area contributed by atoms with Gasteiger partial charge in [0.15, 0.2) is 0 Å². The van der Waals surface area contributed by atoms with Crippen LogP contribution in [0.4, 0.5) is 0 Å². The Hall–Kier alpha value is -6.02. The lowest BCUT2D eigenvalue weighted by Gasteiger charge is -2.12. The Balaban J connectivity index is 1.23. The number of hydrogen-bond acceptors (Lipinski definition) is 4. The molecule has 0 unspecified atom stereocenters. The van der Waals surface area contributed by atoms with E-state index in [1.807, 2.05) is 60.7 Å². The van der Waals surface area contributed by atoms with E-state index in [0.717, 1.165) is 33.4 Å². The summed E-state index contributed by atoms with van der Waals surface area (Å²) in [6.45, 7) is 0.322. The quantitative estimate of drug-likeness (QED) is 0.153. The Labute approximate surface area is 253 Å². The van der Waals surface area contributed by atoms with E-state index in [4.69, 9.17) is 0 Å². The number of hydrogen-bond donors (Lipinski definition) is 4. The van der Waals surface area contributed by atoms with Gasteiger partial charge in [-0.2, -0.15) is 0 Å². The monoisotopic (exact) mass is 584 g/mol. The summed E-state index contributed by atoms with van der Waals surface area (Å²) < 4.78 is 0. The van der Waals surface area contributed by atoms with E-state index in [2.05, 4.69) is 10.6 Å². The fourth-order valence-electron chi connectivity index (χ4n) is 4.79. The highest BCUT2D eigenvalue weighted by atomic mass is 16.4. The Kier molecular flexibility index (Phi) is 8.91. The van der Waals surface area contributed by atoms with Crippen molar-refractivity contribution >= 4 is 23.8 Å². The van der Waals surface area contributed by atoms with Crippen molar-refractivity contribution in [3.05, 3.63) is 155 Å². The third-order valence-electron chi connectivity index (χ3n) is 7.13. The molecule has 5 aromatic carbocycles. The molecule has 5 rings (SSSR count). The second-order valence-electron chi connectivity index (χ2n) is 10.0. The van der Waals surface area contributed by atoms with Gasteiger partial charge in [-0.3, -0.25) is 9.59 Å². The second-order valence-corrected chi connectivity index (χ2v) is 10.0. The molecule has 44 heavy (non-hydrogen) atoms. The normalized spacial score (nSPS) is 10.5. The van der Waals surface area contributed by atoms with Crippen molar-refractivity contribution in [2.45, 2.75) is 13.1 Å². The zero-order valence-corrected chi connectivity index (χ0v) is 23.5. The molecule has 0 aromatic heterocycles. The molecule has 5 aromatic rings. The molecule has 0 radical (unpaired) electrons. The van der Waals surface area contributed by atoms with Crippen LogP contribution in [-0.2, 0) is 13.1 Å². The largest absolute Gasteiger partial charge is 0.478 e. The standard InChI is InChI=1S/C36H28N2O6/c39-33(31-19-27(15-17-29(31)35(41)42)25-7-3-1-4-8-25)37-21-23-11-13-24(14-12-23)22-38-34(40)32-20-28(16-18-30(32)36(43)44)26-9-5-2-6-10-26/h1-20H,21-22H2,(H,37,39)(H,38,40)(H,41,42)(H,43,44). The molecule has 0 atom stereocenters. The van der Waals surface area contributed by atoms with Gasteiger partial charge in [0.25, 0.3) is 11.8 Å². The molecule has 0 aliphatic carbocycles. The second kappa shape index (κ2) is 13.3. The number of carbonyl (C=O) groups is 4. The minimum absolute atomic E-state index is 0.0650. The SMILES string of the molecule is O=C(O)c1ccc(-c2ccccc2)cc1C(=O)NCc1ccc(CNC(=O)c2cc(-c3ccccc3)ccc2C(=O)O)cc1.